The third-order valence-electron chi connectivity index (χ3n) is 2.91. The van der Waals surface area contributed by atoms with Crippen LogP contribution in [0.25, 0.3) is 22.3 Å². The minimum atomic E-state index is -0.531. The third kappa shape index (κ3) is 2.38. The van der Waals surface area contributed by atoms with Crippen molar-refractivity contribution < 1.29 is 9.18 Å². The molecule has 3 nitrogen and oxygen atoms in total. The van der Waals surface area contributed by atoms with Gasteiger partial charge in [0.1, 0.15) is 5.82 Å². The standard InChI is InChI=1S/C15H8ClFN2O/c16-15(20)10-3-6-12-13(7-10)18-8-14(19-12)9-1-4-11(17)5-2-9/h1-8H. The van der Waals surface area contributed by atoms with E-state index in [1.165, 1.54) is 12.1 Å². The van der Waals surface area contributed by atoms with Gasteiger partial charge in [-0.1, -0.05) is 0 Å². The van der Waals surface area contributed by atoms with Gasteiger partial charge in [0.2, 0.25) is 0 Å². The molecule has 0 amide bonds. The molecule has 2 aromatic carbocycles. The number of carbonyl (C=O) groups is 1. The van der Waals surface area contributed by atoms with E-state index in [0.29, 0.717) is 22.3 Å². The zero-order valence-electron chi connectivity index (χ0n) is 10.2. The van der Waals surface area contributed by atoms with Crippen molar-refractivity contribution in [1.82, 2.24) is 9.97 Å². The van der Waals surface area contributed by atoms with E-state index in [1.807, 2.05) is 0 Å². The van der Waals surface area contributed by atoms with Crippen molar-refractivity contribution >= 4 is 27.9 Å². The average Bonchev–Trinajstić information content (AvgIpc) is 2.47. The van der Waals surface area contributed by atoms with Crippen LogP contribution in [-0.4, -0.2) is 15.2 Å². The number of benzene rings is 2. The largest absolute Gasteiger partial charge is 0.276 e. The van der Waals surface area contributed by atoms with Crippen molar-refractivity contribution in [2.75, 3.05) is 0 Å². The first-order valence-electron chi connectivity index (χ1n) is 5.86. The van der Waals surface area contributed by atoms with Crippen molar-refractivity contribution in [3.05, 3.63) is 60.0 Å². The fourth-order valence-electron chi connectivity index (χ4n) is 1.89. The molecule has 5 heteroatoms. The zero-order chi connectivity index (χ0) is 14.1. The van der Waals surface area contributed by atoms with Gasteiger partial charge in [0.15, 0.2) is 0 Å². The van der Waals surface area contributed by atoms with Gasteiger partial charge in [0.05, 0.1) is 22.9 Å². The maximum atomic E-state index is 12.9. The Morgan fingerprint density at radius 1 is 1.05 bits per heavy atom. The number of rotatable bonds is 2. The van der Waals surface area contributed by atoms with Gasteiger partial charge in [-0.2, -0.15) is 0 Å². The van der Waals surface area contributed by atoms with E-state index < -0.39 is 5.24 Å². The number of carbonyl (C=O) groups excluding carboxylic acids is 1. The lowest BCUT2D eigenvalue weighted by Crippen LogP contribution is -1.93. The monoisotopic (exact) mass is 286 g/mol. The molecule has 0 atom stereocenters. The summed E-state index contributed by atoms with van der Waals surface area (Å²) < 4.78 is 12.9. The van der Waals surface area contributed by atoms with Gasteiger partial charge in [-0.05, 0) is 54.1 Å². The normalized spacial score (nSPS) is 10.7. The molecule has 98 valence electrons. The predicted molar refractivity (Wildman–Crippen MR) is 75.1 cm³/mol. The summed E-state index contributed by atoms with van der Waals surface area (Å²) in [5.41, 5.74) is 3.03. The zero-order valence-corrected chi connectivity index (χ0v) is 10.9. The van der Waals surface area contributed by atoms with Crippen LogP contribution in [0.15, 0.2) is 48.7 Å². The topological polar surface area (TPSA) is 42.9 Å². The Morgan fingerprint density at radius 3 is 2.50 bits per heavy atom. The van der Waals surface area contributed by atoms with E-state index in [-0.39, 0.29) is 5.82 Å². The minimum absolute atomic E-state index is 0.298. The molecular weight excluding hydrogens is 279 g/mol. The number of fused-ring (bicyclic) bond motifs is 1. The van der Waals surface area contributed by atoms with Crippen LogP contribution in [0, 0.1) is 5.82 Å². The summed E-state index contributed by atoms with van der Waals surface area (Å²) in [5, 5.41) is -0.531. The molecule has 0 saturated heterocycles. The van der Waals surface area contributed by atoms with Gasteiger partial charge in [0, 0.05) is 11.1 Å². The second-order valence-electron chi connectivity index (χ2n) is 4.24. The summed E-state index contributed by atoms with van der Waals surface area (Å²) in [6, 6.07) is 10.9. The van der Waals surface area contributed by atoms with Gasteiger partial charge in [0.25, 0.3) is 5.24 Å². The highest BCUT2D eigenvalue weighted by atomic mass is 35.5. The lowest BCUT2D eigenvalue weighted by molar-refractivity contribution is 0.108. The van der Waals surface area contributed by atoms with Crippen molar-refractivity contribution in [1.29, 1.82) is 0 Å². The van der Waals surface area contributed by atoms with Gasteiger partial charge in [-0.3, -0.25) is 9.78 Å². The first kappa shape index (κ1) is 12.7. The minimum Gasteiger partial charge on any atom is -0.276 e. The summed E-state index contributed by atoms with van der Waals surface area (Å²) in [5.74, 6) is -0.298. The Kier molecular flexibility index (Phi) is 3.16. The molecular formula is C15H8ClFN2O. The SMILES string of the molecule is O=C(Cl)c1ccc2nc(-c3ccc(F)cc3)cnc2c1. The fraction of sp³-hybridized carbons (Fsp3) is 0. The smallest absolute Gasteiger partial charge is 0.252 e. The Balaban J connectivity index is 2.09. The first-order chi connectivity index (χ1) is 9.63. The van der Waals surface area contributed by atoms with Crippen LogP contribution in [0.1, 0.15) is 10.4 Å². The highest BCUT2D eigenvalue weighted by Crippen LogP contribution is 2.20. The number of halogens is 2. The molecule has 0 radical (unpaired) electrons. The van der Waals surface area contributed by atoms with E-state index in [9.17, 15) is 9.18 Å². The second-order valence-corrected chi connectivity index (χ2v) is 4.58. The Bertz CT molecular complexity index is 803. The molecule has 1 aromatic heterocycles. The number of hydrogen-bond donors (Lipinski definition) is 0. The first-order valence-corrected chi connectivity index (χ1v) is 6.24. The van der Waals surface area contributed by atoms with Crippen molar-refractivity contribution in [2.24, 2.45) is 0 Å². The van der Waals surface area contributed by atoms with Crippen LogP contribution < -0.4 is 0 Å². The lowest BCUT2D eigenvalue weighted by Gasteiger charge is -2.03. The lowest BCUT2D eigenvalue weighted by atomic mass is 10.1. The van der Waals surface area contributed by atoms with Crippen molar-refractivity contribution in [2.45, 2.75) is 0 Å². The molecule has 0 saturated carbocycles. The summed E-state index contributed by atoms with van der Waals surface area (Å²) in [6.07, 6.45) is 1.58. The Labute approximate surface area is 119 Å². The maximum Gasteiger partial charge on any atom is 0.252 e. The molecule has 0 aliphatic rings. The van der Waals surface area contributed by atoms with Gasteiger partial charge < -0.3 is 0 Å². The van der Waals surface area contributed by atoms with E-state index in [4.69, 9.17) is 11.6 Å². The van der Waals surface area contributed by atoms with E-state index >= 15 is 0 Å². The van der Waals surface area contributed by atoms with Gasteiger partial charge >= 0.3 is 0 Å². The molecule has 0 aliphatic heterocycles. The maximum absolute atomic E-state index is 12.9. The predicted octanol–water partition coefficient (Wildman–Crippen LogP) is 3.81. The summed E-state index contributed by atoms with van der Waals surface area (Å²) >= 11 is 5.42. The molecule has 0 N–H and O–H groups in total. The quantitative estimate of drug-likeness (QED) is 0.673. The Morgan fingerprint density at radius 2 is 1.80 bits per heavy atom. The summed E-state index contributed by atoms with van der Waals surface area (Å²) in [7, 11) is 0. The highest BCUT2D eigenvalue weighted by Gasteiger charge is 2.06. The number of aromatic nitrogens is 2. The molecule has 0 spiro atoms. The summed E-state index contributed by atoms with van der Waals surface area (Å²) in [6.45, 7) is 0. The summed E-state index contributed by atoms with van der Waals surface area (Å²) in [4.78, 5) is 19.8. The van der Waals surface area contributed by atoms with Crippen molar-refractivity contribution in [3.63, 3.8) is 0 Å². The molecule has 3 rings (SSSR count). The van der Waals surface area contributed by atoms with E-state index in [2.05, 4.69) is 9.97 Å². The van der Waals surface area contributed by atoms with Gasteiger partial charge in [-0.25, -0.2) is 9.37 Å². The third-order valence-corrected chi connectivity index (χ3v) is 3.13. The molecule has 0 unspecified atom stereocenters. The molecule has 20 heavy (non-hydrogen) atoms. The second kappa shape index (κ2) is 4.98. The van der Waals surface area contributed by atoms with E-state index in [1.54, 1.807) is 36.5 Å². The average molecular weight is 287 g/mol. The number of hydrogen-bond acceptors (Lipinski definition) is 3. The van der Waals surface area contributed by atoms with Crippen LogP contribution in [0.3, 0.4) is 0 Å². The molecule has 0 fully saturated rings. The van der Waals surface area contributed by atoms with Crippen LogP contribution in [0.2, 0.25) is 0 Å². The Hall–Kier alpha value is -2.33. The van der Waals surface area contributed by atoms with E-state index in [0.717, 1.165) is 5.56 Å². The van der Waals surface area contributed by atoms with Crippen molar-refractivity contribution in [3.8, 4) is 11.3 Å². The fourth-order valence-corrected chi connectivity index (χ4v) is 2.01. The molecule has 3 aromatic rings. The van der Waals surface area contributed by atoms with Crippen LogP contribution in [0.5, 0.6) is 0 Å². The molecule has 0 aliphatic carbocycles. The van der Waals surface area contributed by atoms with Gasteiger partial charge in [-0.15, -0.1) is 0 Å². The number of nitrogens with zero attached hydrogens (tertiary/aromatic N) is 2. The molecule has 0 bridgehead atoms. The van der Waals surface area contributed by atoms with Crippen LogP contribution in [0.4, 0.5) is 4.39 Å². The molecule has 1 heterocycles. The van der Waals surface area contributed by atoms with Crippen LogP contribution in [-0.2, 0) is 0 Å². The van der Waals surface area contributed by atoms with Crippen LogP contribution >= 0.6 is 11.6 Å². The highest BCUT2D eigenvalue weighted by molar-refractivity contribution is 6.67.